The van der Waals surface area contributed by atoms with E-state index in [2.05, 4.69) is 25.5 Å². The molecule has 0 bridgehead atoms. The van der Waals surface area contributed by atoms with Crippen LogP contribution in [0.2, 0.25) is 0 Å². The van der Waals surface area contributed by atoms with Gasteiger partial charge in [0.15, 0.2) is 0 Å². The highest BCUT2D eigenvalue weighted by Gasteiger charge is 2.31. The normalized spacial score (nSPS) is 13.8. The number of ether oxygens (including phenoxy) is 1. The molecule has 2 heterocycles. The maximum absolute atomic E-state index is 13.2. The predicted octanol–water partition coefficient (Wildman–Crippen LogP) is 7.02. The van der Waals surface area contributed by atoms with Gasteiger partial charge in [0, 0.05) is 54.6 Å². The molecule has 1 aliphatic rings. The Bertz CT molecular complexity index is 2010. The molecule has 48 heavy (non-hydrogen) atoms. The molecule has 246 valence electrons. The van der Waals surface area contributed by atoms with Crippen LogP contribution in [0.3, 0.4) is 0 Å². The van der Waals surface area contributed by atoms with E-state index in [0.29, 0.717) is 47.2 Å². The number of hydrogen-bond acceptors (Lipinski definition) is 7. The Labute approximate surface area is 275 Å². The van der Waals surface area contributed by atoms with Gasteiger partial charge in [0.25, 0.3) is 11.8 Å². The highest BCUT2D eigenvalue weighted by molar-refractivity contribution is 6.04. The fraction of sp³-hybridized carbons (Fsp3) is 0.222. The van der Waals surface area contributed by atoms with Crippen molar-refractivity contribution in [2.45, 2.75) is 13.1 Å². The summed E-state index contributed by atoms with van der Waals surface area (Å²) in [4.78, 5) is 39.2. The summed E-state index contributed by atoms with van der Waals surface area (Å²) in [5, 5.41) is 6.67. The molecular formula is C36H33F3N6O3. The van der Waals surface area contributed by atoms with E-state index < -0.39 is 17.6 Å². The zero-order valence-corrected chi connectivity index (χ0v) is 26.6. The lowest BCUT2D eigenvalue weighted by Crippen LogP contribution is -2.47. The first-order valence-electron chi connectivity index (χ1n) is 15.3. The van der Waals surface area contributed by atoms with E-state index in [1.54, 1.807) is 43.6 Å². The first kappa shape index (κ1) is 32.5. The highest BCUT2D eigenvalue weighted by atomic mass is 19.4. The van der Waals surface area contributed by atoms with Crippen molar-refractivity contribution < 1.29 is 27.5 Å². The zero-order valence-electron chi connectivity index (χ0n) is 26.6. The van der Waals surface area contributed by atoms with Crippen LogP contribution in [0.5, 0.6) is 5.75 Å². The number of carbonyl (C=O) groups excluding carboxylic acids is 2. The predicted molar refractivity (Wildman–Crippen MR) is 179 cm³/mol. The fourth-order valence-electron chi connectivity index (χ4n) is 5.56. The van der Waals surface area contributed by atoms with Crippen LogP contribution < -0.4 is 15.4 Å². The van der Waals surface area contributed by atoms with Gasteiger partial charge in [0.05, 0.1) is 23.9 Å². The van der Waals surface area contributed by atoms with Crippen LogP contribution in [0.15, 0.2) is 85.1 Å². The van der Waals surface area contributed by atoms with Crippen molar-refractivity contribution in [2.75, 3.05) is 51.0 Å². The maximum atomic E-state index is 13.2. The number of benzene rings is 4. The van der Waals surface area contributed by atoms with E-state index in [1.807, 2.05) is 43.1 Å². The Morgan fingerprint density at radius 2 is 1.69 bits per heavy atom. The van der Waals surface area contributed by atoms with E-state index >= 15 is 0 Å². The quantitative estimate of drug-likeness (QED) is 0.195. The SMILES string of the molecule is COc1ccc(C(=O)N2CCN(C)CC2)cc1Nc1ncc2cc(-c3cc(NC(=O)c4cccc(C(F)(F)F)c4)ccc3C)ccc2n1. The monoisotopic (exact) mass is 654 g/mol. The number of likely N-dealkylation sites (N-methyl/N-ethyl adjacent to an activating group) is 1. The number of nitrogens with zero attached hydrogens (tertiary/aromatic N) is 4. The Balaban J connectivity index is 1.21. The molecule has 0 radical (unpaired) electrons. The summed E-state index contributed by atoms with van der Waals surface area (Å²) in [6.45, 7) is 4.91. The largest absolute Gasteiger partial charge is 0.495 e. The van der Waals surface area contributed by atoms with Crippen molar-refractivity contribution in [2.24, 2.45) is 0 Å². The molecule has 0 saturated carbocycles. The number of hydrogen-bond donors (Lipinski definition) is 2. The molecule has 9 nitrogen and oxygen atoms in total. The average Bonchev–Trinajstić information content (AvgIpc) is 3.08. The number of aryl methyl sites for hydroxylation is 1. The van der Waals surface area contributed by atoms with Gasteiger partial charge in [0.1, 0.15) is 5.75 Å². The number of alkyl halides is 3. The molecule has 0 atom stereocenters. The van der Waals surface area contributed by atoms with Crippen LogP contribution in [0.25, 0.3) is 22.0 Å². The molecule has 1 aromatic heterocycles. The third-order valence-electron chi connectivity index (χ3n) is 8.32. The van der Waals surface area contributed by atoms with Gasteiger partial charge in [-0.25, -0.2) is 9.97 Å². The van der Waals surface area contributed by atoms with Crippen molar-refractivity contribution in [3.8, 4) is 16.9 Å². The van der Waals surface area contributed by atoms with Gasteiger partial charge < -0.3 is 25.2 Å². The minimum atomic E-state index is -4.55. The number of aromatic nitrogens is 2. The van der Waals surface area contributed by atoms with Gasteiger partial charge in [-0.15, -0.1) is 0 Å². The molecule has 2 N–H and O–H groups in total. The number of fused-ring (bicyclic) bond motifs is 1. The molecule has 12 heteroatoms. The third-order valence-corrected chi connectivity index (χ3v) is 8.32. The minimum absolute atomic E-state index is 0.0460. The number of piperazine rings is 1. The van der Waals surface area contributed by atoms with Crippen LogP contribution in [-0.2, 0) is 6.18 Å². The van der Waals surface area contributed by atoms with Crippen molar-refractivity contribution in [3.05, 3.63) is 107 Å². The Kier molecular flexibility index (Phi) is 9.01. The molecule has 0 aliphatic carbocycles. The van der Waals surface area contributed by atoms with Gasteiger partial charge in [-0.2, -0.15) is 13.2 Å². The van der Waals surface area contributed by atoms with Gasteiger partial charge in [-0.05, 0) is 91.3 Å². The van der Waals surface area contributed by atoms with Crippen LogP contribution in [0.4, 0.5) is 30.5 Å². The second-order valence-electron chi connectivity index (χ2n) is 11.7. The molecule has 4 aromatic carbocycles. The second kappa shape index (κ2) is 13.3. The van der Waals surface area contributed by atoms with Crippen molar-refractivity contribution in [3.63, 3.8) is 0 Å². The first-order valence-corrected chi connectivity index (χ1v) is 15.3. The number of rotatable bonds is 7. The van der Waals surface area contributed by atoms with E-state index in [0.717, 1.165) is 47.3 Å². The van der Waals surface area contributed by atoms with Gasteiger partial charge in [0.2, 0.25) is 5.95 Å². The van der Waals surface area contributed by atoms with Gasteiger partial charge in [-0.1, -0.05) is 18.2 Å². The lowest BCUT2D eigenvalue weighted by Gasteiger charge is -2.32. The standard InChI is InChI=1S/C36H33F3N6O3/c1-22-7-10-28(41-33(46)24-5-4-6-27(18-24)36(37,38)39)20-29(22)23-8-11-30-26(17-23)21-40-35(42-30)43-31-19-25(9-12-32(31)48-3)34(47)45-15-13-44(2)14-16-45/h4-12,17-21H,13-16H2,1-3H3,(H,41,46)(H,40,42,43). The maximum Gasteiger partial charge on any atom is 0.416 e. The summed E-state index contributed by atoms with van der Waals surface area (Å²) in [6.07, 6.45) is -2.86. The van der Waals surface area contributed by atoms with Crippen LogP contribution in [0, 0.1) is 6.92 Å². The first-order chi connectivity index (χ1) is 23.0. The van der Waals surface area contributed by atoms with Crippen molar-refractivity contribution in [1.82, 2.24) is 19.8 Å². The molecule has 2 amide bonds. The third kappa shape index (κ3) is 7.08. The van der Waals surface area contributed by atoms with Crippen molar-refractivity contribution >= 4 is 40.0 Å². The Morgan fingerprint density at radius 3 is 2.44 bits per heavy atom. The number of methoxy groups -OCH3 is 1. The lowest BCUT2D eigenvalue weighted by atomic mass is 9.98. The van der Waals surface area contributed by atoms with Crippen LogP contribution in [0.1, 0.15) is 31.8 Å². The molecule has 0 spiro atoms. The van der Waals surface area contributed by atoms with Gasteiger partial charge in [-0.3, -0.25) is 9.59 Å². The highest BCUT2D eigenvalue weighted by Crippen LogP contribution is 2.33. The number of nitrogens with one attached hydrogen (secondary N) is 2. The summed E-state index contributed by atoms with van der Waals surface area (Å²) < 4.78 is 45.0. The number of amides is 2. The Morgan fingerprint density at radius 1 is 0.896 bits per heavy atom. The summed E-state index contributed by atoms with van der Waals surface area (Å²) in [7, 11) is 3.59. The number of anilines is 3. The molecule has 1 aliphatic heterocycles. The van der Waals surface area contributed by atoms with E-state index in [-0.39, 0.29) is 11.5 Å². The molecular weight excluding hydrogens is 621 g/mol. The topological polar surface area (TPSA) is 99.7 Å². The number of halogens is 3. The molecule has 1 saturated heterocycles. The smallest absolute Gasteiger partial charge is 0.416 e. The van der Waals surface area contributed by atoms with Crippen LogP contribution >= 0.6 is 0 Å². The molecule has 0 unspecified atom stereocenters. The molecule has 1 fully saturated rings. The molecule has 5 aromatic rings. The summed E-state index contributed by atoms with van der Waals surface area (Å²) >= 11 is 0. The summed E-state index contributed by atoms with van der Waals surface area (Å²) in [5.74, 6) is 0.178. The fourth-order valence-corrected chi connectivity index (χ4v) is 5.56. The summed E-state index contributed by atoms with van der Waals surface area (Å²) in [6, 6.07) is 20.6. The van der Waals surface area contributed by atoms with E-state index in [9.17, 15) is 22.8 Å². The van der Waals surface area contributed by atoms with Gasteiger partial charge >= 0.3 is 6.18 Å². The summed E-state index contributed by atoms with van der Waals surface area (Å²) in [5.41, 5.74) is 3.84. The Hall–Kier alpha value is -5.49. The van der Waals surface area contributed by atoms with Crippen LogP contribution in [-0.4, -0.2) is 71.9 Å². The lowest BCUT2D eigenvalue weighted by molar-refractivity contribution is -0.137. The minimum Gasteiger partial charge on any atom is -0.495 e. The molecule has 6 rings (SSSR count). The average molecular weight is 655 g/mol. The van der Waals surface area contributed by atoms with Crippen molar-refractivity contribution in [1.29, 1.82) is 0 Å². The van der Waals surface area contributed by atoms with E-state index in [1.165, 1.54) is 12.1 Å². The van der Waals surface area contributed by atoms with E-state index in [4.69, 9.17) is 4.74 Å². The second-order valence-corrected chi connectivity index (χ2v) is 11.7. The zero-order chi connectivity index (χ0) is 34.0. The number of carbonyl (C=O) groups is 2.